The third-order valence-corrected chi connectivity index (χ3v) is 2.06. The first-order valence-corrected chi connectivity index (χ1v) is 4.21. The second-order valence-electron chi connectivity index (χ2n) is 2.99. The van der Waals surface area contributed by atoms with E-state index in [-0.39, 0.29) is 0 Å². The van der Waals surface area contributed by atoms with Crippen molar-refractivity contribution < 1.29 is 4.42 Å². The van der Waals surface area contributed by atoms with Crippen molar-refractivity contribution in [3.8, 4) is 0 Å². The molecule has 3 heteroatoms. The van der Waals surface area contributed by atoms with E-state index >= 15 is 0 Å². The summed E-state index contributed by atoms with van der Waals surface area (Å²) in [6.45, 7) is 0.784. The minimum atomic E-state index is 0.593. The fourth-order valence-corrected chi connectivity index (χ4v) is 1.36. The number of hydrogen-bond acceptors (Lipinski definition) is 3. The maximum Gasteiger partial charge on any atom is 0.180 e. The molecule has 0 atom stereocenters. The van der Waals surface area contributed by atoms with E-state index in [4.69, 9.17) is 4.42 Å². The molecule has 0 saturated heterocycles. The topological polar surface area (TPSA) is 38.1 Å². The zero-order valence-corrected chi connectivity index (χ0v) is 6.86. The minimum absolute atomic E-state index is 0.593. The van der Waals surface area contributed by atoms with Crippen LogP contribution >= 0.6 is 0 Å². The van der Waals surface area contributed by atoms with Crippen LogP contribution < -0.4 is 5.32 Å². The zero-order chi connectivity index (χ0) is 8.23. The van der Waals surface area contributed by atoms with Gasteiger partial charge in [-0.3, -0.25) is 0 Å². The van der Waals surface area contributed by atoms with Crippen LogP contribution in [-0.4, -0.2) is 11.0 Å². The molecule has 1 aromatic rings. The van der Waals surface area contributed by atoms with Gasteiger partial charge in [-0.2, -0.15) is 0 Å². The van der Waals surface area contributed by atoms with Crippen LogP contribution in [0.1, 0.15) is 18.6 Å². The molecule has 1 aliphatic carbocycles. The van der Waals surface area contributed by atoms with Gasteiger partial charge in [0.1, 0.15) is 5.76 Å². The predicted octanol–water partition coefficient (Wildman–Crippen LogP) is 1.48. The van der Waals surface area contributed by atoms with Crippen LogP contribution in [0.4, 0.5) is 0 Å². The average Bonchev–Trinajstić information content (AvgIpc) is 2.74. The van der Waals surface area contributed by atoms with Crippen molar-refractivity contribution in [3.63, 3.8) is 0 Å². The smallest absolute Gasteiger partial charge is 0.180 e. The standard InChI is InChI=1S/C9H12N2O/c1-2-4-8(3-1)11-6-9-5-10-7-12-9/h1-2,5,7-8,11H,3-4,6H2. The highest BCUT2D eigenvalue weighted by Crippen LogP contribution is 2.09. The fourth-order valence-electron chi connectivity index (χ4n) is 1.36. The Morgan fingerprint density at radius 1 is 1.50 bits per heavy atom. The monoisotopic (exact) mass is 164 g/mol. The molecule has 12 heavy (non-hydrogen) atoms. The molecule has 0 amide bonds. The van der Waals surface area contributed by atoms with Crippen LogP contribution in [0.2, 0.25) is 0 Å². The van der Waals surface area contributed by atoms with Crippen molar-refractivity contribution >= 4 is 0 Å². The lowest BCUT2D eigenvalue weighted by Crippen LogP contribution is -2.25. The van der Waals surface area contributed by atoms with E-state index in [0.29, 0.717) is 6.04 Å². The molecule has 2 rings (SSSR count). The number of hydrogen-bond donors (Lipinski definition) is 1. The van der Waals surface area contributed by atoms with Crippen LogP contribution in [-0.2, 0) is 6.54 Å². The van der Waals surface area contributed by atoms with Crippen LogP contribution in [0.25, 0.3) is 0 Å². The summed E-state index contributed by atoms with van der Waals surface area (Å²) in [6, 6.07) is 0.593. The largest absolute Gasteiger partial charge is 0.447 e. The summed E-state index contributed by atoms with van der Waals surface area (Å²) in [7, 11) is 0. The first kappa shape index (κ1) is 7.55. The maximum absolute atomic E-state index is 5.10. The van der Waals surface area contributed by atoms with E-state index in [9.17, 15) is 0 Å². The van der Waals surface area contributed by atoms with Crippen molar-refractivity contribution in [2.75, 3.05) is 0 Å². The quantitative estimate of drug-likeness (QED) is 0.688. The van der Waals surface area contributed by atoms with E-state index in [0.717, 1.165) is 25.1 Å². The first-order valence-electron chi connectivity index (χ1n) is 4.21. The summed E-state index contributed by atoms with van der Waals surface area (Å²) < 4.78 is 5.10. The number of aromatic nitrogens is 1. The third-order valence-electron chi connectivity index (χ3n) is 2.06. The molecular weight excluding hydrogens is 152 g/mol. The molecule has 0 radical (unpaired) electrons. The summed E-state index contributed by atoms with van der Waals surface area (Å²) in [5, 5.41) is 3.39. The fraction of sp³-hybridized carbons (Fsp3) is 0.444. The lowest BCUT2D eigenvalue weighted by Gasteiger charge is -2.09. The molecular formula is C9H12N2O. The van der Waals surface area contributed by atoms with Gasteiger partial charge in [0.05, 0.1) is 12.7 Å². The lowest BCUT2D eigenvalue weighted by molar-refractivity contribution is 0.449. The molecule has 0 unspecified atom stereocenters. The van der Waals surface area contributed by atoms with E-state index < -0.39 is 0 Å². The molecule has 0 fully saturated rings. The van der Waals surface area contributed by atoms with Crippen molar-refractivity contribution in [3.05, 3.63) is 30.5 Å². The average molecular weight is 164 g/mol. The molecule has 1 aliphatic rings. The van der Waals surface area contributed by atoms with Gasteiger partial charge >= 0.3 is 0 Å². The predicted molar refractivity (Wildman–Crippen MR) is 45.5 cm³/mol. The Labute approximate surface area is 71.5 Å². The number of rotatable bonds is 3. The second kappa shape index (κ2) is 3.54. The molecule has 0 aromatic carbocycles. The molecule has 1 N–H and O–H groups in total. The van der Waals surface area contributed by atoms with Gasteiger partial charge < -0.3 is 9.73 Å². The van der Waals surface area contributed by atoms with E-state index in [1.807, 2.05) is 0 Å². The molecule has 3 nitrogen and oxygen atoms in total. The van der Waals surface area contributed by atoms with Gasteiger partial charge in [-0.15, -0.1) is 0 Å². The molecule has 0 spiro atoms. The Bertz CT molecular complexity index is 246. The van der Waals surface area contributed by atoms with Crippen molar-refractivity contribution in [1.82, 2.24) is 10.3 Å². The number of nitrogens with zero attached hydrogens (tertiary/aromatic N) is 1. The highest BCUT2D eigenvalue weighted by Gasteiger charge is 2.09. The highest BCUT2D eigenvalue weighted by molar-refractivity contribution is 4.98. The van der Waals surface area contributed by atoms with Crippen molar-refractivity contribution in [2.45, 2.75) is 25.4 Å². The first-order chi connectivity index (χ1) is 5.95. The van der Waals surface area contributed by atoms with Gasteiger partial charge in [-0.25, -0.2) is 4.98 Å². The molecule has 1 aromatic heterocycles. The molecule has 1 heterocycles. The zero-order valence-electron chi connectivity index (χ0n) is 6.86. The molecule has 0 saturated carbocycles. The van der Waals surface area contributed by atoms with Gasteiger partial charge in [0.15, 0.2) is 6.39 Å². The number of nitrogens with one attached hydrogen (secondary N) is 1. The Kier molecular flexibility index (Phi) is 2.23. The van der Waals surface area contributed by atoms with Gasteiger partial charge in [0, 0.05) is 6.04 Å². The van der Waals surface area contributed by atoms with E-state index in [1.54, 1.807) is 6.20 Å². The summed E-state index contributed by atoms with van der Waals surface area (Å²) in [6.07, 6.45) is 9.89. The van der Waals surface area contributed by atoms with Gasteiger partial charge in [0.2, 0.25) is 0 Å². The Balaban J connectivity index is 1.75. The summed E-state index contributed by atoms with van der Waals surface area (Å²) in [5.41, 5.74) is 0. The molecule has 0 aliphatic heterocycles. The van der Waals surface area contributed by atoms with Crippen molar-refractivity contribution in [2.24, 2.45) is 0 Å². The van der Waals surface area contributed by atoms with Crippen LogP contribution in [0.3, 0.4) is 0 Å². The lowest BCUT2D eigenvalue weighted by atomic mass is 10.2. The SMILES string of the molecule is C1=CCC(NCc2cnco2)C1. The Morgan fingerprint density at radius 3 is 3.00 bits per heavy atom. The maximum atomic E-state index is 5.10. The third kappa shape index (κ3) is 1.74. The van der Waals surface area contributed by atoms with Crippen LogP contribution in [0.15, 0.2) is 29.2 Å². The van der Waals surface area contributed by atoms with Gasteiger partial charge in [-0.05, 0) is 12.8 Å². The normalized spacial score (nSPS) is 17.3. The minimum Gasteiger partial charge on any atom is -0.447 e. The Hall–Kier alpha value is -1.09. The summed E-state index contributed by atoms with van der Waals surface area (Å²) in [5.74, 6) is 0.905. The highest BCUT2D eigenvalue weighted by atomic mass is 16.3. The second-order valence-corrected chi connectivity index (χ2v) is 2.99. The Morgan fingerprint density at radius 2 is 2.33 bits per heavy atom. The van der Waals surface area contributed by atoms with Crippen LogP contribution in [0.5, 0.6) is 0 Å². The molecule has 0 bridgehead atoms. The number of oxazole rings is 1. The molecule has 64 valence electrons. The van der Waals surface area contributed by atoms with E-state index in [1.165, 1.54) is 6.39 Å². The van der Waals surface area contributed by atoms with Crippen LogP contribution in [0, 0.1) is 0 Å². The van der Waals surface area contributed by atoms with Gasteiger partial charge in [-0.1, -0.05) is 12.2 Å². The summed E-state index contributed by atoms with van der Waals surface area (Å²) >= 11 is 0. The van der Waals surface area contributed by atoms with E-state index in [2.05, 4.69) is 22.5 Å². The van der Waals surface area contributed by atoms with Gasteiger partial charge in [0.25, 0.3) is 0 Å². The van der Waals surface area contributed by atoms with Crippen molar-refractivity contribution in [1.29, 1.82) is 0 Å². The summed E-state index contributed by atoms with van der Waals surface area (Å²) in [4.78, 5) is 3.85.